The number of sulfonamides is 1. The van der Waals surface area contributed by atoms with Crippen molar-refractivity contribution in [1.82, 2.24) is 4.98 Å². The average Bonchev–Trinajstić information content (AvgIpc) is 2.47. The summed E-state index contributed by atoms with van der Waals surface area (Å²) >= 11 is 7.34. The molecule has 1 aromatic carbocycles. The van der Waals surface area contributed by atoms with E-state index in [9.17, 15) is 8.42 Å². The summed E-state index contributed by atoms with van der Waals surface area (Å²) in [6.45, 7) is 0. The quantitative estimate of drug-likeness (QED) is 0.438. The van der Waals surface area contributed by atoms with E-state index in [1.165, 1.54) is 24.0 Å². The lowest BCUT2D eigenvalue weighted by atomic mass is 10.3. The van der Waals surface area contributed by atoms with Crippen LogP contribution in [0, 0.1) is 0 Å². The summed E-state index contributed by atoms with van der Waals surface area (Å²) in [5.74, 6) is 5.41. The largest absolute Gasteiger partial charge is 0.307 e. The maximum absolute atomic E-state index is 12.4. The van der Waals surface area contributed by atoms with Crippen molar-refractivity contribution >= 4 is 44.9 Å². The molecule has 21 heavy (non-hydrogen) atoms. The highest BCUT2D eigenvalue weighted by Crippen LogP contribution is 2.28. The van der Waals surface area contributed by atoms with Gasteiger partial charge in [0.2, 0.25) is 0 Å². The Kier molecular flexibility index (Phi) is 4.94. The van der Waals surface area contributed by atoms with Crippen molar-refractivity contribution in [1.29, 1.82) is 0 Å². The fraction of sp³-hybridized carbons (Fsp3) is 0.0833. The molecule has 0 saturated carbocycles. The molecular formula is C12H13ClN4O2S2. The van der Waals surface area contributed by atoms with Gasteiger partial charge in [-0.25, -0.2) is 19.2 Å². The molecule has 9 heteroatoms. The van der Waals surface area contributed by atoms with Crippen molar-refractivity contribution < 1.29 is 8.42 Å². The Morgan fingerprint density at radius 1 is 1.33 bits per heavy atom. The number of anilines is 2. The number of nitrogens with two attached hydrogens (primary N) is 1. The molecule has 2 aromatic rings. The molecule has 112 valence electrons. The zero-order chi connectivity index (χ0) is 15.5. The molecule has 0 atom stereocenters. The van der Waals surface area contributed by atoms with Gasteiger partial charge in [0.1, 0.15) is 4.90 Å². The second-order valence-electron chi connectivity index (χ2n) is 3.95. The summed E-state index contributed by atoms with van der Waals surface area (Å²) in [4.78, 5) is 4.64. The van der Waals surface area contributed by atoms with Crippen molar-refractivity contribution in [2.45, 2.75) is 9.79 Å². The number of thioether (sulfide) groups is 1. The van der Waals surface area contributed by atoms with Gasteiger partial charge in [0, 0.05) is 11.1 Å². The highest BCUT2D eigenvalue weighted by atomic mass is 35.5. The van der Waals surface area contributed by atoms with Crippen LogP contribution in [0.4, 0.5) is 11.5 Å². The molecule has 0 radical (unpaired) electrons. The summed E-state index contributed by atoms with van der Waals surface area (Å²) in [5, 5.41) is 0.124. The van der Waals surface area contributed by atoms with Crippen molar-refractivity contribution in [3.8, 4) is 0 Å². The van der Waals surface area contributed by atoms with Gasteiger partial charge in [-0.05, 0) is 24.5 Å². The summed E-state index contributed by atoms with van der Waals surface area (Å²) in [5.41, 5.74) is 2.78. The van der Waals surface area contributed by atoms with E-state index in [1.54, 1.807) is 12.1 Å². The molecule has 2 rings (SSSR count). The molecule has 4 N–H and O–H groups in total. The molecule has 1 heterocycles. The molecule has 0 aliphatic heterocycles. The SMILES string of the molecule is CSc1ccccc1NS(=O)(=O)c1cnc(NN)c(Cl)c1. The minimum absolute atomic E-state index is 0.0394. The van der Waals surface area contributed by atoms with Crippen LogP contribution in [0.5, 0.6) is 0 Å². The number of hydrogen-bond acceptors (Lipinski definition) is 6. The van der Waals surface area contributed by atoms with E-state index in [4.69, 9.17) is 17.4 Å². The lowest BCUT2D eigenvalue weighted by Crippen LogP contribution is -2.15. The Bertz CT molecular complexity index is 753. The fourth-order valence-corrected chi connectivity index (χ4v) is 3.56. The van der Waals surface area contributed by atoms with Gasteiger partial charge in [-0.3, -0.25) is 4.72 Å². The zero-order valence-electron chi connectivity index (χ0n) is 11.0. The number of rotatable bonds is 5. The molecule has 0 amide bonds. The molecule has 0 aliphatic rings. The molecule has 0 spiro atoms. The third kappa shape index (κ3) is 3.59. The van der Waals surface area contributed by atoms with Gasteiger partial charge in [0.15, 0.2) is 5.82 Å². The second kappa shape index (κ2) is 6.52. The average molecular weight is 345 g/mol. The number of hydrogen-bond donors (Lipinski definition) is 3. The zero-order valence-corrected chi connectivity index (χ0v) is 13.4. The molecule has 6 nitrogen and oxygen atoms in total. The maximum atomic E-state index is 12.4. The first-order valence-electron chi connectivity index (χ1n) is 5.76. The molecule has 1 aromatic heterocycles. The van der Waals surface area contributed by atoms with E-state index in [0.29, 0.717) is 5.69 Å². The number of nitrogens with zero attached hydrogens (tertiary/aromatic N) is 1. The van der Waals surface area contributed by atoms with Crippen LogP contribution in [0.25, 0.3) is 0 Å². The molecule has 0 bridgehead atoms. The third-order valence-electron chi connectivity index (χ3n) is 2.61. The van der Waals surface area contributed by atoms with Crippen LogP contribution >= 0.6 is 23.4 Å². The Hall–Kier alpha value is -1.48. The molecular weight excluding hydrogens is 332 g/mol. The van der Waals surface area contributed by atoms with Crippen LogP contribution in [0.15, 0.2) is 46.3 Å². The van der Waals surface area contributed by atoms with Gasteiger partial charge < -0.3 is 5.43 Å². The van der Waals surface area contributed by atoms with Crippen LogP contribution in [0.2, 0.25) is 5.02 Å². The highest BCUT2D eigenvalue weighted by Gasteiger charge is 2.18. The Morgan fingerprint density at radius 3 is 2.67 bits per heavy atom. The first-order valence-corrected chi connectivity index (χ1v) is 8.84. The predicted octanol–water partition coefficient (Wildman–Crippen LogP) is 2.54. The standard InChI is InChI=1S/C12H13ClN4O2S2/c1-20-11-5-3-2-4-10(11)17-21(18,19)8-6-9(13)12(16-14)15-7-8/h2-7,17H,14H2,1H3,(H,15,16). The van der Waals surface area contributed by atoms with Crippen LogP contribution < -0.4 is 16.0 Å². The van der Waals surface area contributed by atoms with Gasteiger partial charge in [-0.1, -0.05) is 23.7 Å². The lowest BCUT2D eigenvalue weighted by Gasteiger charge is -2.11. The third-order valence-corrected chi connectivity index (χ3v) is 5.03. The first-order chi connectivity index (χ1) is 9.97. The second-order valence-corrected chi connectivity index (χ2v) is 6.89. The summed E-state index contributed by atoms with van der Waals surface area (Å²) in [6.07, 6.45) is 3.05. The minimum Gasteiger partial charge on any atom is -0.307 e. The molecule has 0 unspecified atom stereocenters. The maximum Gasteiger partial charge on any atom is 0.263 e. The van der Waals surface area contributed by atoms with Crippen molar-refractivity contribution in [3.05, 3.63) is 41.6 Å². The van der Waals surface area contributed by atoms with Crippen LogP contribution in [-0.4, -0.2) is 19.7 Å². The first kappa shape index (κ1) is 15.9. The van der Waals surface area contributed by atoms with Crippen molar-refractivity contribution in [2.24, 2.45) is 5.84 Å². The number of benzene rings is 1. The van der Waals surface area contributed by atoms with E-state index in [2.05, 4.69) is 15.1 Å². The Labute approximate surface area is 132 Å². The number of aromatic nitrogens is 1. The van der Waals surface area contributed by atoms with E-state index in [-0.39, 0.29) is 15.7 Å². The normalized spacial score (nSPS) is 11.2. The highest BCUT2D eigenvalue weighted by molar-refractivity contribution is 7.99. The number of halogens is 1. The van der Waals surface area contributed by atoms with E-state index in [1.807, 2.05) is 18.4 Å². The van der Waals surface area contributed by atoms with Crippen LogP contribution in [0.1, 0.15) is 0 Å². The fourth-order valence-electron chi connectivity index (χ4n) is 1.61. The van der Waals surface area contributed by atoms with Gasteiger partial charge in [-0.2, -0.15) is 0 Å². The van der Waals surface area contributed by atoms with E-state index >= 15 is 0 Å². The molecule has 0 aliphatic carbocycles. The number of nitrogens with one attached hydrogen (secondary N) is 2. The van der Waals surface area contributed by atoms with E-state index in [0.717, 1.165) is 4.90 Å². The number of pyridine rings is 1. The predicted molar refractivity (Wildman–Crippen MR) is 86.1 cm³/mol. The number of hydrazine groups is 1. The Balaban J connectivity index is 2.36. The molecule has 0 fully saturated rings. The van der Waals surface area contributed by atoms with Gasteiger partial charge in [0.05, 0.1) is 10.7 Å². The molecule has 0 saturated heterocycles. The van der Waals surface area contributed by atoms with Crippen LogP contribution in [0.3, 0.4) is 0 Å². The summed E-state index contributed by atoms with van der Waals surface area (Å²) < 4.78 is 27.2. The smallest absolute Gasteiger partial charge is 0.263 e. The monoisotopic (exact) mass is 344 g/mol. The van der Waals surface area contributed by atoms with Gasteiger partial charge in [0.25, 0.3) is 10.0 Å². The Morgan fingerprint density at radius 2 is 2.05 bits per heavy atom. The summed E-state index contributed by atoms with van der Waals surface area (Å²) in [7, 11) is -3.77. The number of nitrogen functional groups attached to an aromatic ring is 1. The summed E-state index contributed by atoms with van der Waals surface area (Å²) in [6, 6.07) is 8.39. The minimum atomic E-state index is -3.77. The van der Waals surface area contributed by atoms with E-state index < -0.39 is 10.0 Å². The van der Waals surface area contributed by atoms with Gasteiger partial charge >= 0.3 is 0 Å². The van der Waals surface area contributed by atoms with Crippen molar-refractivity contribution in [3.63, 3.8) is 0 Å². The topological polar surface area (TPSA) is 97.1 Å². The number of para-hydroxylation sites is 1. The lowest BCUT2D eigenvalue weighted by molar-refractivity contribution is 0.600. The van der Waals surface area contributed by atoms with Crippen LogP contribution in [-0.2, 0) is 10.0 Å². The van der Waals surface area contributed by atoms with Crippen molar-refractivity contribution in [2.75, 3.05) is 16.4 Å². The van der Waals surface area contributed by atoms with Gasteiger partial charge in [-0.15, -0.1) is 11.8 Å².